The Morgan fingerprint density at radius 2 is 1.81 bits per heavy atom. The number of benzene rings is 2. The van der Waals surface area contributed by atoms with Crippen LogP contribution in [0.2, 0.25) is 10.0 Å². The molecular weight excluding hydrogens is 311 g/mol. The fraction of sp³-hybridized carbons (Fsp3) is 0.0667. The van der Waals surface area contributed by atoms with Crippen molar-refractivity contribution < 1.29 is 9.90 Å². The van der Waals surface area contributed by atoms with Gasteiger partial charge in [-0.2, -0.15) is 0 Å². The number of rotatable bonds is 2. The summed E-state index contributed by atoms with van der Waals surface area (Å²) in [5, 5.41) is 10.1. The Morgan fingerprint density at radius 3 is 2.43 bits per heavy atom. The molecule has 21 heavy (non-hydrogen) atoms. The number of aromatic carboxylic acids is 1. The van der Waals surface area contributed by atoms with E-state index in [1.807, 2.05) is 11.5 Å². The van der Waals surface area contributed by atoms with Gasteiger partial charge in [-0.25, -0.2) is 9.78 Å². The Hall–Kier alpha value is -2.04. The second-order valence-electron chi connectivity index (χ2n) is 4.63. The summed E-state index contributed by atoms with van der Waals surface area (Å²) in [5.41, 5.74) is 2.37. The molecule has 0 aliphatic rings. The highest BCUT2D eigenvalue weighted by atomic mass is 35.5. The van der Waals surface area contributed by atoms with Crippen molar-refractivity contribution in [2.45, 2.75) is 6.92 Å². The van der Waals surface area contributed by atoms with E-state index in [9.17, 15) is 4.79 Å². The van der Waals surface area contributed by atoms with E-state index in [1.54, 1.807) is 30.3 Å². The topological polar surface area (TPSA) is 55.1 Å². The van der Waals surface area contributed by atoms with Crippen LogP contribution < -0.4 is 0 Å². The third-order valence-corrected chi connectivity index (χ3v) is 3.61. The van der Waals surface area contributed by atoms with Gasteiger partial charge in [0.1, 0.15) is 5.82 Å². The lowest BCUT2D eigenvalue weighted by Crippen LogP contribution is -1.99. The molecule has 0 fully saturated rings. The number of imidazole rings is 1. The predicted octanol–water partition coefficient (Wildman–Crippen LogP) is 4.34. The van der Waals surface area contributed by atoms with Crippen molar-refractivity contribution in [3.63, 3.8) is 0 Å². The van der Waals surface area contributed by atoms with Crippen molar-refractivity contribution in [2.24, 2.45) is 0 Å². The molecule has 3 aromatic rings. The zero-order valence-corrected chi connectivity index (χ0v) is 12.5. The lowest BCUT2D eigenvalue weighted by atomic mass is 10.2. The Bertz CT molecular complexity index is 851. The summed E-state index contributed by atoms with van der Waals surface area (Å²) in [7, 11) is 0. The minimum atomic E-state index is -0.980. The van der Waals surface area contributed by atoms with Crippen LogP contribution in [-0.2, 0) is 0 Å². The molecule has 0 unspecified atom stereocenters. The fourth-order valence-corrected chi connectivity index (χ4v) is 2.84. The quantitative estimate of drug-likeness (QED) is 0.764. The second kappa shape index (κ2) is 5.06. The van der Waals surface area contributed by atoms with Gasteiger partial charge in [-0.05, 0) is 43.3 Å². The molecule has 0 bridgehead atoms. The molecule has 3 rings (SSSR count). The maximum Gasteiger partial charge on any atom is 0.335 e. The van der Waals surface area contributed by atoms with Crippen LogP contribution in [-0.4, -0.2) is 20.6 Å². The van der Waals surface area contributed by atoms with E-state index in [4.69, 9.17) is 28.3 Å². The minimum Gasteiger partial charge on any atom is -0.478 e. The SMILES string of the molecule is Cc1nc2ccc(C(=O)O)cc2n1-c1cc(Cl)cc(Cl)c1. The second-order valence-corrected chi connectivity index (χ2v) is 5.50. The average molecular weight is 321 g/mol. The third kappa shape index (κ3) is 2.48. The number of carbonyl (C=O) groups is 1. The summed E-state index contributed by atoms with van der Waals surface area (Å²) in [5.74, 6) is -0.252. The van der Waals surface area contributed by atoms with Crippen molar-refractivity contribution in [1.82, 2.24) is 9.55 Å². The van der Waals surface area contributed by atoms with Crippen LogP contribution in [0.25, 0.3) is 16.7 Å². The van der Waals surface area contributed by atoms with Gasteiger partial charge in [0.05, 0.1) is 22.3 Å². The molecule has 1 aromatic heterocycles. The first kappa shape index (κ1) is 13.9. The summed E-state index contributed by atoms with van der Waals surface area (Å²) < 4.78 is 1.83. The van der Waals surface area contributed by atoms with Gasteiger partial charge in [-0.3, -0.25) is 4.57 Å². The monoisotopic (exact) mass is 320 g/mol. The summed E-state index contributed by atoms with van der Waals surface area (Å²) in [6.45, 7) is 1.84. The Balaban J connectivity index is 2.32. The van der Waals surface area contributed by atoms with E-state index in [1.165, 1.54) is 6.07 Å². The van der Waals surface area contributed by atoms with E-state index in [0.29, 0.717) is 21.1 Å². The summed E-state index contributed by atoms with van der Waals surface area (Å²) in [6.07, 6.45) is 0. The maximum atomic E-state index is 11.1. The molecule has 0 spiro atoms. The van der Waals surface area contributed by atoms with Gasteiger partial charge in [0.15, 0.2) is 0 Å². The van der Waals surface area contributed by atoms with E-state index >= 15 is 0 Å². The van der Waals surface area contributed by atoms with E-state index in [2.05, 4.69) is 4.98 Å². The van der Waals surface area contributed by atoms with Crippen LogP contribution in [0.1, 0.15) is 16.2 Å². The Morgan fingerprint density at radius 1 is 1.14 bits per heavy atom. The van der Waals surface area contributed by atoms with Crippen LogP contribution in [0.3, 0.4) is 0 Å². The molecular formula is C15H10Cl2N2O2. The molecule has 0 amide bonds. The predicted molar refractivity (Wildman–Crippen MR) is 82.8 cm³/mol. The molecule has 0 radical (unpaired) electrons. The number of carboxylic acids is 1. The largest absolute Gasteiger partial charge is 0.478 e. The lowest BCUT2D eigenvalue weighted by molar-refractivity contribution is 0.0697. The summed E-state index contributed by atoms with van der Waals surface area (Å²) in [6, 6.07) is 9.97. The number of aromatic nitrogens is 2. The zero-order chi connectivity index (χ0) is 15.1. The van der Waals surface area contributed by atoms with Gasteiger partial charge >= 0.3 is 5.97 Å². The van der Waals surface area contributed by atoms with Gasteiger partial charge in [0, 0.05) is 10.0 Å². The van der Waals surface area contributed by atoms with Crippen LogP contribution in [0.4, 0.5) is 0 Å². The van der Waals surface area contributed by atoms with Crippen LogP contribution in [0, 0.1) is 6.92 Å². The number of hydrogen-bond acceptors (Lipinski definition) is 2. The van der Waals surface area contributed by atoms with Gasteiger partial charge < -0.3 is 5.11 Å². The molecule has 0 aliphatic carbocycles. The molecule has 2 aromatic carbocycles. The van der Waals surface area contributed by atoms with Gasteiger partial charge in [-0.1, -0.05) is 23.2 Å². The minimum absolute atomic E-state index is 0.205. The molecule has 4 nitrogen and oxygen atoms in total. The average Bonchev–Trinajstić information content (AvgIpc) is 2.72. The smallest absolute Gasteiger partial charge is 0.335 e. The first-order valence-electron chi connectivity index (χ1n) is 6.14. The number of halogens is 2. The standard InChI is InChI=1S/C15H10Cl2N2O2/c1-8-18-13-3-2-9(15(20)21)4-14(13)19(8)12-6-10(16)5-11(17)7-12/h2-7H,1H3,(H,20,21). The zero-order valence-electron chi connectivity index (χ0n) is 11.0. The van der Waals surface area contributed by atoms with Gasteiger partial charge in [0.2, 0.25) is 0 Å². The van der Waals surface area contributed by atoms with Crippen LogP contribution in [0.15, 0.2) is 36.4 Å². The van der Waals surface area contributed by atoms with Crippen molar-refractivity contribution in [3.8, 4) is 5.69 Å². The number of aryl methyl sites for hydroxylation is 1. The lowest BCUT2D eigenvalue weighted by Gasteiger charge is -2.08. The Labute approximate surface area is 130 Å². The van der Waals surface area contributed by atoms with Crippen molar-refractivity contribution in [3.05, 3.63) is 57.8 Å². The molecule has 1 heterocycles. The first-order chi connectivity index (χ1) is 9.95. The fourth-order valence-electron chi connectivity index (χ4n) is 2.32. The van der Waals surface area contributed by atoms with E-state index < -0.39 is 5.97 Å². The molecule has 1 N–H and O–H groups in total. The first-order valence-corrected chi connectivity index (χ1v) is 6.90. The van der Waals surface area contributed by atoms with E-state index in [-0.39, 0.29) is 5.56 Å². The highest BCUT2D eigenvalue weighted by Gasteiger charge is 2.13. The van der Waals surface area contributed by atoms with Crippen LogP contribution >= 0.6 is 23.2 Å². The third-order valence-electron chi connectivity index (χ3n) is 3.17. The van der Waals surface area contributed by atoms with Gasteiger partial charge in [-0.15, -0.1) is 0 Å². The summed E-state index contributed by atoms with van der Waals surface area (Å²) >= 11 is 12.1. The highest BCUT2D eigenvalue weighted by Crippen LogP contribution is 2.27. The Kier molecular flexibility index (Phi) is 3.35. The molecule has 6 heteroatoms. The van der Waals surface area contributed by atoms with E-state index in [0.717, 1.165) is 11.5 Å². The molecule has 0 atom stereocenters. The normalized spacial score (nSPS) is 11.0. The molecule has 0 saturated carbocycles. The summed E-state index contributed by atoms with van der Waals surface area (Å²) in [4.78, 5) is 15.6. The number of carboxylic acid groups (broad SMARTS) is 1. The molecule has 106 valence electrons. The maximum absolute atomic E-state index is 11.1. The number of fused-ring (bicyclic) bond motifs is 1. The highest BCUT2D eigenvalue weighted by molar-refractivity contribution is 6.34. The van der Waals surface area contributed by atoms with Gasteiger partial charge in [0.25, 0.3) is 0 Å². The van der Waals surface area contributed by atoms with Crippen molar-refractivity contribution in [1.29, 1.82) is 0 Å². The van der Waals surface area contributed by atoms with Crippen molar-refractivity contribution >= 4 is 40.2 Å². The van der Waals surface area contributed by atoms with Crippen molar-refractivity contribution in [2.75, 3.05) is 0 Å². The molecule has 0 saturated heterocycles. The molecule has 0 aliphatic heterocycles. The number of hydrogen-bond donors (Lipinski definition) is 1. The number of nitrogens with zero attached hydrogens (tertiary/aromatic N) is 2. The van der Waals surface area contributed by atoms with Crippen LogP contribution in [0.5, 0.6) is 0 Å².